The standard InChI is InChI=1S/C12H20N2O3S2/c1-9(2)13-7-11-3-4-12(18-11)19(15,16)14-10-5-6-17-8-10/h3-4,9-10,13-14H,5-8H2,1-2H3. The number of hydrogen-bond donors (Lipinski definition) is 2. The Morgan fingerprint density at radius 2 is 2.26 bits per heavy atom. The lowest BCUT2D eigenvalue weighted by Crippen LogP contribution is -2.34. The van der Waals surface area contributed by atoms with Crippen LogP contribution in [0.1, 0.15) is 25.1 Å². The van der Waals surface area contributed by atoms with Gasteiger partial charge in [-0.1, -0.05) is 13.8 Å². The zero-order valence-corrected chi connectivity index (χ0v) is 12.8. The molecular weight excluding hydrogens is 284 g/mol. The van der Waals surface area contributed by atoms with E-state index in [1.54, 1.807) is 6.07 Å². The maximum absolute atomic E-state index is 12.2. The summed E-state index contributed by atoms with van der Waals surface area (Å²) in [5, 5.41) is 3.27. The van der Waals surface area contributed by atoms with Gasteiger partial charge < -0.3 is 10.1 Å². The maximum Gasteiger partial charge on any atom is 0.250 e. The summed E-state index contributed by atoms with van der Waals surface area (Å²) in [4.78, 5) is 1.02. The highest BCUT2D eigenvalue weighted by Crippen LogP contribution is 2.22. The van der Waals surface area contributed by atoms with Crippen LogP contribution in [0, 0.1) is 0 Å². The van der Waals surface area contributed by atoms with Crippen molar-refractivity contribution in [3.8, 4) is 0 Å². The van der Waals surface area contributed by atoms with E-state index in [0.29, 0.717) is 30.0 Å². The van der Waals surface area contributed by atoms with Crippen molar-refractivity contribution >= 4 is 21.4 Å². The Bertz CT molecular complexity index is 505. The maximum atomic E-state index is 12.2. The van der Waals surface area contributed by atoms with Crippen LogP contribution in [-0.4, -0.2) is 33.7 Å². The summed E-state index contributed by atoms with van der Waals surface area (Å²) in [5.41, 5.74) is 0. The van der Waals surface area contributed by atoms with Gasteiger partial charge in [-0.3, -0.25) is 0 Å². The highest BCUT2D eigenvalue weighted by Gasteiger charge is 2.24. The van der Waals surface area contributed by atoms with Crippen molar-refractivity contribution in [2.75, 3.05) is 13.2 Å². The molecule has 19 heavy (non-hydrogen) atoms. The van der Waals surface area contributed by atoms with Gasteiger partial charge in [-0.05, 0) is 18.6 Å². The molecule has 0 aromatic carbocycles. The molecule has 2 N–H and O–H groups in total. The summed E-state index contributed by atoms with van der Waals surface area (Å²) in [7, 11) is -3.40. The zero-order chi connectivity index (χ0) is 13.9. The Hall–Kier alpha value is -0.470. The quantitative estimate of drug-likeness (QED) is 0.831. The second-order valence-corrected chi connectivity index (χ2v) is 8.05. The molecule has 1 aromatic rings. The van der Waals surface area contributed by atoms with Gasteiger partial charge in [0.05, 0.1) is 6.61 Å². The topological polar surface area (TPSA) is 67.4 Å². The van der Waals surface area contributed by atoms with Gasteiger partial charge in [-0.15, -0.1) is 11.3 Å². The van der Waals surface area contributed by atoms with Crippen molar-refractivity contribution in [1.82, 2.24) is 10.0 Å². The number of sulfonamides is 1. The lowest BCUT2D eigenvalue weighted by atomic mass is 10.3. The summed E-state index contributed by atoms with van der Waals surface area (Å²) in [5.74, 6) is 0. The highest BCUT2D eigenvalue weighted by atomic mass is 32.2. The number of rotatable bonds is 6. The fourth-order valence-corrected chi connectivity index (χ4v) is 4.39. The molecule has 2 heterocycles. The number of thiophene rings is 1. The van der Waals surface area contributed by atoms with E-state index in [2.05, 4.69) is 23.9 Å². The molecule has 7 heteroatoms. The molecule has 0 amide bonds. The van der Waals surface area contributed by atoms with Crippen LogP contribution in [0.25, 0.3) is 0 Å². The van der Waals surface area contributed by atoms with Crippen LogP contribution in [0.3, 0.4) is 0 Å². The van der Waals surface area contributed by atoms with Crippen LogP contribution >= 0.6 is 11.3 Å². The third-order valence-corrected chi connectivity index (χ3v) is 5.94. The molecule has 5 nitrogen and oxygen atoms in total. The molecule has 0 aliphatic carbocycles. The Kier molecular flexibility index (Phi) is 4.97. The Morgan fingerprint density at radius 3 is 2.89 bits per heavy atom. The van der Waals surface area contributed by atoms with Crippen LogP contribution in [0.5, 0.6) is 0 Å². The molecule has 0 spiro atoms. The fourth-order valence-electron chi connectivity index (χ4n) is 1.81. The summed E-state index contributed by atoms with van der Waals surface area (Å²) >= 11 is 1.31. The minimum atomic E-state index is -3.40. The molecule has 108 valence electrons. The van der Waals surface area contributed by atoms with E-state index < -0.39 is 10.0 Å². The first-order chi connectivity index (χ1) is 8.97. The van der Waals surface area contributed by atoms with Gasteiger partial charge in [-0.2, -0.15) is 0 Å². The van der Waals surface area contributed by atoms with Crippen molar-refractivity contribution in [1.29, 1.82) is 0 Å². The van der Waals surface area contributed by atoms with E-state index in [1.807, 2.05) is 6.07 Å². The molecular formula is C12H20N2O3S2. The summed E-state index contributed by atoms with van der Waals surface area (Å²) in [6.07, 6.45) is 0.742. The number of nitrogens with one attached hydrogen (secondary N) is 2. The van der Waals surface area contributed by atoms with Crippen LogP contribution in [0.15, 0.2) is 16.3 Å². The van der Waals surface area contributed by atoms with Crippen LogP contribution in [0.2, 0.25) is 0 Å². The molecule has 1 saturated heterocycles. The van der Waals surface area contributed by atoms with E-state index in [0.717, 1.165) is 11.3 Å². The molecule has 1 aliphatic heterocycles. The molecule has 0 radical (unpaired) electrons. The van der Waals surface area contributed by atoms with E-state index in [4.69, 9.17) is 4.74 Å². The average molecular weight is 304 g/mol. The molecule has 0 saturated carbocycles. The summed E-state index contributed by atoms with van der Waals surface area (Å²) < 4.78 is 32.6. The monoisotopic (exact) mass is 304 g/mol. The molecule has 1 aliphatic rings. The fraction of sp³-hybridized carbons (Fsp3) is 0.667. The Morgan fingerprint density at radius 1 is 1.47 bits per heavy atom. The zero-order valence-electron chi connectivity index (χ0n) is 11.2. The van der Waals surface area contributed by atoms with Crippen molar-refractivity contribution in [2.24, 2.45) is 0 Å². The first-order valence-corrected chi connectivity index (χ1v) is 8.69. The third kappa shape index (κ3) is 4.25. The molecule has 1 aromatic heterocycles. The van der Waals surface area contributed by atoms with Crippen molar-refractivity contribution in [3.05, 3.63) is 17.0 Å². The largest absolute Gasteiger partial charge is 0.380 e. The van der Waals surface area contributed by atoms with Gasteiger partial charge in [-0.25, -0.2) is 13.1 Å². The normalized spacial score (nSPS) is 20.3. The SMILES string of the molecule is CC(C)NCc1ccc(S(=O)(=O)NC2CCOC2)s1. The number of hydrogen-bond acceptors (Lipinski definition) is 5. The predicted molar refractivity (Wildman–Crippen MR) is 75.8 cm³/mol. The Balaban J connectivity index is 1.99. The summed E-state index contributed by atoms with van der Waals surface area (Å²) in [6, 6.07) is 3.82. The smallest absolute Gasteiger partial charge is 0.250 e. The van der Waals surface area contributed by atoms with Gasteiger partial charge >= 0.3 is 0 Å². The molecule has 2 rings (SSSR count). The van der Waals surface area contributed by atoms with Crippen LogP contribution in [0.4, 0.5) is 0 Å². The van der Waals surface area contributed by atoms with Gasteiger partial charge in [0, 0.05) is 30.1 Å². The average Bonchev–Trinajstić information content (AvgIpc) is 2.96. The lowest BCUT2D eigenvalue weighted by Gasteiger charge is -2.09. The van der Waals surface area contributed by atoms with Crippen molar-refractivity contribution in [2.45, 2.75) is 43.1 Å². The molecule has 0 bridgehead atoms. The second kappa shape index (κ2) is 6.32. The molecule has 1 atom stereocenters. The van der Waals surface area contributed by atoms with E-state index in [1.165, 1.54) is 11.3 Å². The highest BCUT2D eigenvalue weighted by molar-refractivity contribution is 7.91. The van der Waals surface area contributed by atoms with Crippen LogP contribution < -0.4 is 10.0 Å². The predicted octanol–water partition coefficient (Wildman–Crippen LogP) is 1.31. The van der Waals surface area contributed by atoms with Crippen molar-refractivity contribution < 1.29 is 13.2 Å². The third-order valence-electron chi connectivity index (χ3n) is 2.84. The minimum absolute atomic E-state index is 0.0932. The first-order valence-electron chi connectivity index (χ1n) is 6.39. The van der Waals surface area contributed by atoms with Gasteiger partial charge in [0.15, 0.2) is 0 Å². The van der Waals surface area contributed by atoms with Gasteiger partial charge in [0.2, 0.25) is 10.0 Å². The van der Waals surface area contributed by atoms with Gasteiger partial charge in [0.25, 0.3) is 0 Å². The minimum Gasteiger partial charge on any atom is -0.380 e. The number of ether oxygens (including phenoxy) is 1. The van der Waals surface area contributed by atoms with E-state index in [9.17, 15) is 8.42 Å². The molecule has 1 fully saturated rings. The Labute approximate surface area is 118 Å². The van der Waals surface area contributed by atoms with E-state index >= 15 is 0 Å². The lowest BCUT2D eigenvalue weighted by molar-refractivity contribution is 0.192. The summed E-state index contributed by atoms with van der Waals surface area (Å²) in [6.45, 7) is 5.91. The second-order valence-electron chi connectivity index (χ2n) is 4.94. The van der Waals surface area contributed by atoms with Crippen molar-refractivity contribution in [3.63, 3.8) is 0 Å². The van der Waals surface area contributed by atoms with Gasteiger partial charge in [0.1, 0.15) is 4.21 Å². The first kappa shape index (κ1) is 14.9. The molecule has 1 unspecified atom stereocenters. The van der Waals surface area contributed by atoms with E-state index in [-0.39, 0.29) is 6.04 Å². The van der Waals surface area contributed by atoms with Crippen LogP contribution in [-0.2, 0) is 21.3 Å².